The molecule has 0 bridgehead atoms. The second kappa shape index (κ2) is 11.1. The lowest BCUT2D eigenvalue weighted by molar-refractivity contribution is 0.0516. The molecule has 2 aliphatic rings. The van der Waals surface area contributed by atoms with E-state index in [0.717, 1.165) is 37.1 Å². The van der Waals surface area contributed by atoms with Crippen molar-refractivity contribution in [2.45, 2.75) is 38.8 Å². The number of anilines is 1. The molecule has 4 heterocycles. The molecule has 6 rings (SSSR count). The number of nitrogens with zero attached hydrogens (tertiary/aromatic N) is 3. The van der Waals surface area contributed by atoms with Gasteiger partial charge in [0.05, 0.1) is 27.8 Å². The molecule has 2 aromatic heterocycles. The highest BCUT2D eigenvalue weighted by Gasteiger charge is 2.41. The first-order valence-corrected chi connectivity index (χ1v) is 14.1. The fourth-order valence-corrected chi connectivity index (χ4v) is 5.76. The molecule has 11 nitrogen and oxygen atoms in total. The number of aromatic amines is 2. The van der Waals surface area contributed by atoms with Gasteiger partial charge in [-0.15, -0.1) is 0 Å². The number of carbonyl (C=O) groups excluding carboxylic acids is 2. The van der Waals surface area contributed by atoms with Crippen LogP contribution in [0.15, 0.2) is 47.4 Å². The van der Waals surface area contributed by atoms with Crippen molar-refractivity contribution in [3.05, 3.63) is 75.2 Å². The number of rotatable bonds is 8. The second-order valence-electron chi connectivity index (χ2n) is 11.2. The number of ether oxygens (including phenoxy) is 1. The van der Waals surface area contributed by atoms with Gasteiger partial charge < -0.3 is 30.0 Å². The van der Waals surface area contributed by atoms with Crippen molar-refractivity contribution in [1.29, 1.82) is 0 Å². The highest BCUT2D eigenvalue weighted by atomic mass is 16.5. The van der Waals surface area contributed by atoms with Crippen LogP contribution in [0.25, 0.3) is 22.4 Å². The molecule has 1 fully saturated rings. The third-order valence-corrected chi connectivity index (χ3v) is 8.06. The van der Waals surface area contributed by atoms with E-state index in [-0.39, 0.29) is 48.0 Å². The zero-order valence-corrected chi connectivity index (χ0v) is 23.9. The highest BCUT2D eigenvalue weighted by molar-refractivity contribution is 6.23. The molecule has 2 aliphatic heterocycles. The number of pyridine rings is 1. The van der Waals surface area contributed by atoms with Gasteiger partial charge in [-0.3, -0.25) is 19.3 Å². The molecule has 2 amide bonds. The van der Waals surface area contributed by atoms with Gasteiger partial charge in [0.15, 0.2) is 0 Å². The first-order valence-electron chi connectivity index (χ1n) is 14.1. The third kappa shape index (κ3) is 5.17. The number of imidazole rings is 1. The van der Waals surface area contributed by atoms with Gasteiger partial charge in [-0.05, 0) is 76.7 Å². The number of likely N-dealkylation sites (tertiary alicyclic amines) is 1. The predicted octanol–water partition coefficient (Wildman–Crippen LogP) is 3.08. The zero-order chi connectivity index (χ0) is 29.5. The molecule has 11 heteroatoms. The average Bonchev–Trinajstić information content (AvgIpc) is 3.48. The van der Waals surface area contributed by atoms with Gasteiger partial charge in [-0.25, -0.2) is 4.98 Å². The minimum atomic E-state index is -0.846. The summed E-state index contributed by atoms with van der Waals surface area (Å²) in [6, 6.07) is 10.7. The van der Waals surface area contributed by atoms with Gasteiger partial charge in [0.1, 0.15) is 29.8 Å². The minimum Gasteiger partial charge on any atom is -0.491 e. The Morgan fingerprint density at radius 1 is 1.07 bits per heavy atom. The van der Waals surface area contributed by atoms with Crippen LogP contribution in [-0.2, 0) is 0 Å². The Hall–Kier alpha value is -4.48. The largest absolute Gasteiger partial charge is 0.491 e. The molecule has 2 aromatic carbocycles. The van der Waals surface area contributed by atoms with Crippen LogP contribution >= 0.6 is 0 Å². The van der Waals surface area contributed by atoms with Crippen molar-refractivity contribution < 1.29 is 19.4 Å². The zero-order valence-electron chi connectivity index (χ0n) is 23.9. The second-order valence-corrected chi connectivity index (χ2v) is 11.2. The summed E-state index contributed by atoms with van der Waals surface area (Å²) in [7, 11) is 2.03. The van der Waals surface area contributed by atoms with E-state index in [4.69, 9.17) is 4.74 Å². The van der Waals surface area contributed by atoms with E-state index in [9.17, 15) is 19.5 Å². The van der Waals surface area contributed by atoms with Crippen LogP contribution in [0, 0.1) is 13.8 Å². The number of hydrogen-bond donors (Lipinski definition) is 4. The van der Waals surface area contributed by atoms with E-state index in [1.807, 2.05) is 39.1 Å². The number of aliphatic hydroxyl groups is 1. The molecule has 1 atom stereocenters. The molecule has 4 N–H and O–H groups in total. The van der Waals surface area contributed by atoms with Crippen LogP contribution in [0.5, 0.6) is 5.75 Å². The Bertz CT molecular complexity index is 1680. The maximum atomic E-state index is 13.3. The Balaban J connectivity index is 1.20. The van der Waals surface area contributed by atoms with Crippen molar-refractivity contribution in [2.75, 3.05) is 38.6 Å². The van der Waals surface area contributed by atoms with E-state index < -0.39 is 6.10 Å². The Kier molecular flexibility index (Phi) is 7.29. The van der Waals surface area contributed by atoms with Gasteiger partial charge in [0.25, 0.3) is 17.4 Å². The maximum Gasteiger partial charge on any atom is 0.261 e. The number of H-pyrrole nitrogens is 2. The van der Waals surface area contributed by atoms with E-state index in [2.05, 4.69) is 25.2 Å². The van der Waals surface area contributed by atoms with Gasteiger partial charge in [-0.2, -0.15) is 0 Å². The quantitative estimate of drug-likeness (QED) is 0.237. The number of piperidine rings is 1. The lowest BCUT2D eigenvalue weighted by Crippen LogP contribution is -2.46. The summed E-state index contributed by atoms with van der Waals surface area (Å²) >= 11 is 0. The van der Waals surface area contributed by atoms with Crippen LogP contribution in [0.2, 0.25) is 0 Å². The number of fused-ring (bicyclic) bond motifs is 2. The molecule has 218 valence electrons. The Morgan fingerprint density at radius 2 is 1.81 bits per heavy atom. The fourth-order valence-electron chi connectivity index (χ4n) is 5.76. The lowest BCUT2D eigenvalue weighted by Gasteiger charge is -2.33. The summed E-state index contributed by atoms with van der Waals surface area (Å²) in [5.41, 5.74) is 4.16. The summed E-state index contributed by atoms with van der Waals surface area (Å²) in [5, 5.41) is 13.7. The number of nitrogens with one attached hydrogen (secondary N) is 3. The maximum absolute atomic E-state index is 13.3. The highest BCUT2D eigenvalue weighted by Crippen LogP contribution is 2.32. The van der Waals surface area contributed by atoms with Crippen LogP contribution < -0.4 is 15.6 Å². The summed E-state index contributed by atoms with van der Waals surface area (Å²) in [6.45, 7) is 5.83. The molecule has 0 spiro atoms. The van der Waals surface area contributed by atoms with Crippen LogP contribution in [0.4, 0.5) is 5.69 Å². The van der Waals surface area contributed by atoms with Crippen LogP contribution in [0.3, 0.4) is 0 Å². The van der Waals surface area contributed by atoms with E-state index in [0.29, 0.717) is 33.6 Å². The SMILES string of the molecule is Cc1ccc(OCC(O)CNc2cc[nH]c(=O)c2-c2nc3cc4c(cc3[nH]2)C(=O)N(C2CCN(C)CC2)C4=O)c(C)c1. The van der Waals surface area contributed by atoms with E-state index in [1.165, 1.54) is 11.1 Å². The summed E-state index contributed by atoms with van der Waals surface area (Å²) in [4.78, 5) is 53.6. The molecular weight excluding hydrogens is 536 g/mol. The molecule has 1 unspecified atom stereocenters. The smallest absolute Gasteiger partial charge is 0.261 e. The summed E-state index contributed by atoms with van der Waals surface area (Å²) in [5.74, 6) is 0.399. The number of imide groups is 1. The summed E-state index contributed by atoms with van der Waals surface area (Å²) < 4.78 is 5.79. The number of hydrogen-bond acceptors (Lipinski definition) is 8. The lowest BCUT2D eigenvalue weighted by atomic mass is 10.0. The average molecular weight is 571 g/mol. The fraction of sp³-hybridized carbons (Fsp3) is 0.355. The van der Waals surface area contributed by atoms with Gasteiger partial charge >= 0.3 is 0 Å². The van der Waals surface area contributed by atoms with Crippen LogP contribution in [0.1, 0.15) is 44.7 Å². The van der Waals surface area contributed by atoms with Crippen molar-refractivity contribution in [3.8, 4) is 17.1 Å². The molecule has 0 aliphatic carbocycles. The van der Waals surface area contributed by atoms with Crippen molar-refractivity contribution in [3.63, 3.8) is 0 Å². The van der Waals surface area contributed by atoms with Crippen LogP contribution in [-0.4, -0.2) is 87.1 Å². The number of carbonyl (C=O) groups is 2. The molecule has 0 saturated carbocycles. The molecule has 0 radical (unpaired) electrons. The number of amides is 2. The monoisotopic (exact) mass is 570 g/mol. The van der Waals surface area contributed by atoms with Gasteiger partial charge in [0.2, 0.25) is 0 Å². The number of benzene rings is 2. The minimum absolute atomic E-state index is 0.0717. The van der Waals surface area contributed by atoms with Crippen molar-refractivity contribution in [2.24, 2.45) is 0 Å². The number of aliphatic hydroxyl groups excluding tert-OH is 1. The van der Waals surface area contributed by atoms with E-state index in [1.54, 1.807) is 18.2 Å². The van der Waals surface area contributed by atoms with Gasteiger partial charge in [-0.1, -0.05) is 17.7 Å². The van der Waals surface area contributed by atoms with Crippen molar-refractivity contribution in [1.82, 2.24) is 24.8 Å². The Morgan fingerprint density at radius 3 is 2.55 bits per heavy atom. The predicted molar refractivity (Wildman–Crippen MR) is 159 cm³/mol. The first kappa shape index (κ1) is 27.7. The standard InChI is InChI=1S/C31H34N6O5/c1-17-4-5-26(18(2)12-17)42-16-20(38)15-33-23-6-9-32-29(39)27(23)28-34-24-13-21-22(14-25(24)35-28)31(41)37(30(21)40)19-7-10-36(3)11-8-19/h4-6,9,12-14,19-20,38H,7-8,10-11,15-16H2,1-3H3,(H,34,35)(H2,32,33,39). The number of aryl methyl sites for hydroxylation is 2. The topological polar surface area (TPSA) is 144 Å². The Labute approximate surface area is 242 Å². The summed E-state index contributed by atoms with van der Waals surface area (Å²) in [6.07, 6.45) is 2.17. The molecule has 42 heavy (non-hydrogen) atoms. The molecular formula is C31H34N6O5. The third-order valence-electron chi connectivity index (χ3n) is 8.06. The molecule has 1 saturated heterocycles. The normalized spacial score (nSPS) is 16.7. The number of aromatic nitrogens is 3. The van der Waals surface area contributed by atoms with Crippen molar-refractivity contribution >= 4 is 28.5 Å². The van der Waals surface area contributed by atoms with Gasteiger partial charge in [0, 0.05) is 18.8 Å². The molecule has 4 aromatic rings. The first-order chi connectivity index (χ1) is 20.2. The van der Waals surface area contributed by atoms with E-state index >= 15 is 0 Å².